The van der Waals surface area contributed by atoms with E-state index in [9.17, 15) is 0 Å². The molecule has 2 fully saturated rings. The van der Waals surface area contributed by atoms with Crippen LogP contribution in [0.2, 0.25) is 0 Å². The van der Waals surface area contributed by atoms with Gasteiger partial charge in [-0.2, -0.15) is 11.8 Å². The molecule has 2 rings (SSSR count). The lowest BCUT2D eigenvalue weighted by atomic mass is 10.1. The van der Waals surface area contributed by atoms with Gasteiger partial charge in [0, 0.05) is 19.1 Å². The summed E-state index contributed by atoms with van der Waals surface area (Å²) in [6.45, 7) is 3.47. The number of halogens is 1. The summed E-state index contributed by atoms with van der Waals surface area (Å²) in [5.41, 5.74) is 5.75. The molecule has 2 saturated heterocycles. The molecule has 0 aromatic rings. The van der Waals surface area contributed by atoms with E-state index < -0.39 is 0 Å². The third kappa shape index (κ3) is 3.02. The van der Waals surface area contributed by atoms with Crippen molar-refractivity contribution < 1.29 is 0 Å². The topological polar surface area (TPSA) is 29.3 Å². The smallest absolute Gasteiger partial charge is 0.0219 e. The monoisotopic (exact) mass is 236 g/mol. The highest BCUT2D eigenvalue weighted by molar-refractivity contribution is 7.99. The minimum Gasteiger partial charge on any atom is -0.329 e. The van der Waals surface area contributed by atoms with Crippen molar-refractivity contribution in [3.63, 3.8) is 0 Å². The average molecular weight is 237 g/mol. The quantitative estimate of drug-likeness (QED) is 0.807. The summed E-state index contributed by atoms with van der Waals surface area (Å²) in [5, 5.41) is 0. The lowest BCUT2D eigenvalue weighted by molar-refractivity contribution is 0.226. The molecule has 0 aliphatic carbocycles. The average Bonchev–Trinajstić information content (AvgIpc) is 2.76. The van der Waals surface area contributed by atoms with Gasteiger partial charge in [-0.25, -0.2) is 0 Å². The van der Waals surface area contributed by atoms with Gasteiger partial charge in [0.15, 0.2) is 0 Å². The molecule has 4 heteroatoms. The van der Waals surface area contributed by atoms with Crippen molar-refractivity contribution in [2.45, 2.75) is 25.3 Å². The second kappa shape index (κ2) is 6.21. The summed E-state index contributed by atoms with van der Waals surface area (Å²) in [7, 11) is 0. The molecule has 0 spiro atoms. The van der Waals surface area contributed by atoms with E-state index in [1.165, 1.54) is 43.9 Å². The lowest BCUT2D eigenvalue weighted by Crippen LogP contribution is -2.38. The molecule has 0 aromatic carbocycles. The van der Waals surface area contributed by atoms with Crippen molar-refractivity contribution >= 4 is 24.2 Å². The van der Waals surface area contributed by atoms with Gasteiger partial charge < -0.3 is 5.73 Å². The van der Waals surface area contributed by atoms with Gasteiger partial charge in [-0.05, 0) is 43.2 Å². The highest BCUT2D eigenvalue weighted by Gasteiger charge is 2.26. The van der Waals surface area contributed by atoms with E-state index in [-0.39, 0.29) is 12.4 Å². The molecule has 2 aliphatic heterocycles. The second-order valence-corrected chi connectivity index (χ2v) is 5.41. The number of nitrogens with two attached hydrogens (primary N) is 1. The van der Waals surface area contributed by atoms with Gasteiger partial charge in [-0.15, -0.1) is 12.4 Å². The van der Waals surface area contributed by atoms with Crippen LogP contribution in [-0.4, -0.2) is 42.1 Å². The van der Waals surface area contributed by atoms with Crippen LogP contribution in [0.4, 0.5) is 0 Å². The predicted octanol–water partition coefficient (Wildman–Crippen LogP) is 1.58. The maximum atomic E-state index is 5.75. The van der Waals surface area contributed by atoms with Gasteiger partial charge in [-0.1, -0.05) is 0 Å². The molecular weight excluding hydrogens is 216 g/mol. The Labute approximate surface area is 97.4 Å². The van der Waals surface area contributed by atoms with E-state index in [4.69, 9.17) is 5.73 Å². The summed E-state index contributed by atoms with van der Waals surface area (Å²) in [5.74, 6) is 3.72. The van der Waals surface area contributed by atoms with Crippen molar-refractivity contribution in [3.8, 4) is 0 Å². The Kier molecular flexibility index (Phi) is 5.60. The standard InChI is InChI=1S/C10H20N2S.ClH/c11-6-10-2-1-4-12(10)7-9-3-5-13-8-9;/h9-10H,1-8,11H2;1H. The van der Waals surface area contributed by atoms with E-state index >= 15 is 0 Å². The molecular formula is C10H21ClN2S. The molecule has 0 amide bonds. The summed E-state index contributed by atoms with van der Waals surface area (Å²) < 4.78 is 0. The van der Waals surface area contributed by atoms with E-state index in [1.807, 2.05) is 0 Å². The van der Waals surface area contributed by atoms with E-state index in [0.717, 1.165) is 12.5 Å². The minimum atomic E-state index is 0. The maximum absolute atomic E-state index is 5.75. The summed E-state index contributed by atoms with van der Waals surface area (Å²) >= 11 is 2.12. The van der Waals surface area contributed by atoms with Gasteiger partial charge in [0.1, 0.15) is 0 Å². The normalized spacial score (nSPS) is 33.2. The second-order valence-electron chi connectivity index (χ2n) is 4.26. The molecule has 2 unspecified atom stereocenters. The fourth-order valence-corrected chi connectivity index (χ4v) is 3.73. The first-order chi connectivity index (χ1) is 6.40. The first-order valence-corrected chi connectivity index (χ1v) is 6.57. The molecule has 14 heavy (non-hydrogen) atoms. The van der Waals surface area contributed by atoms with Gasteiger partial charge in [0.05, 0.1) is 0 Å². The molecule has 2 heterocycles. The Balaban J connectivity index is 0.000000980. The third-order valence-electron chi connectivity index (χ3n) is 3.29. The largest absolute Gasteiger partial charge is 0.329 e. The van der Waals surface area contributed by atoms with E-state index in [2.05, 4.69) is 16.7 Å². The molecule has 2 aliphatic rings. The summed E-state index contributed by atoms with van der Waals surface area (Å²) in [4.78, 5) is 2.62. The predicted molar refractivity (Wildman–Crippen MR) is 66.3 cm³/mol. The number of nitrogens with zero attached hydrogens (tertiary/aromatic N) is 1. The molecule has 2 nitrogen and oxygen atoms in total. The Morgan fingerprint density at radius 3 is 2.86 bits per heavy atom. The van der Waals surface area contributed by atoms with Gasteiger partial charge >= 0.3 is 0 Å². The SMILES string of the molecule is Cl.NCC1CCCN1CC1CCSC1. The molecule has 0 saturated carbocycles. The molecule has 2 atom stereocenters. The van der Waals surface area contributed by atoms with Crippen LogP contribution >= 0.6 is 24.2 Å². The van der Waals surface area contributed by atoms with Gasteiger partial charge in [0.2, 0.25) is 0 Å². The van der Waals surface area contributed by atoms with E-state index in [1.54, 1.807) is 0 Å². The molecule has 0 radical (unpaired) electrons. The van der Waals surface area contributed by atoms with Crippen LogP contribution < -0.4 is 5.73 Å². The maximum Gasteiger partial charge on any atom is 0.0219 e. The Hall–Kier alpha value is 0.560. The fraction of sp³-hybridized carbons (Fsp3) is 1.00. The Morgan fingerprint density at radius 2 is 2.21 bits per heavy atom. The molecule has 0 bridgehead atoms. The van der Waals surface area contributed by atoms with Crippen molar-refractivity contribution in [2.24, 2.45) is 11.7 Å². The van der Waals surface area contributed by atoms with Crippen molar-refractivity contribution in [2.75, 3.05) is 31.1 Å². The lowest BCUT2D eigenvalue weighted by Gasteiger charge is -2.25. The first kappa shape index (κ1) is 12.6. The first-order valence-electron chi connectivity index (χ1n) is 5.42. The van der Waals surface area contributed by atoms with Crippen molar-refractivity contribution in [1.29, 1.82) is 0 Å². The van der Waals surface area contributed by atoms with Crippen LogP contribution in [0.15, 0.2) is 0 Å². The molecule has 84 valence electrons. The van der Waals surface area contributed by atoms with Crippen LogP contribution in [0.5, 0.6) is 0 Å². The zero-order valence-electron chi connectivity index (χ0n) is 8.65. The zero-order chi connectivity index (χ0) is 9.10. The Morgan fingerprint density at radius 1 is 1.36 bits per heavy atom. The van der Waals surface area contributed by atoms with E-state index in [0.29, 0.717) is 6.04 Å². The number of likely N-dealkylation sites (tertiary alicyclic amines) is 1. The van der Waals surface area contributed by atoms with Crippen LogP contribution in [-0.2, 0) is 0 Å². The third-order valence-corrected chi connectivity index (χ3v) is 4.52. The van der Waals surface area contributed by atoms with Gasteiger partial charge in [-0.3, -0.25) is 4.90 Å². The van der Waals surface area contributed by atoms with Crippen LogP contribution in [0, 0.1) is 5.92 Å². The highest BCUT2D eigenvalue weighted by atomic mass is 35.5. The fourth-order valence-electron chi connectivity index (χ4n) is 2.46. The molecule has 2 N–H and O–H groups in total. The van der Waals surface area contributed by atoms with Crippen molar-refractivity contribution in [1.82, 2.24) is 4.90 Å². The zero-order valence-corrected chi connectivity index (χ0v) is 10.3. The van der Waals surface area contributed by atoms with Crippen LogP contribution in [0.3, 0.4) is 0 Å². The van der Waals surface area contributed by atoms with Gasteiger partial charge in [0.25, 0.3) is 0 Å². The number of hydrogen-bond acceptors (Lipinski definition) is 3. The highest BCUT2D eigenvalue weighted by Crippen LogP contribution is 2.26. The minimum absolute atomic E-state index is 0. The number of hydrogen-bond donors (Lipinski definition) is 1. The molecule has 0 aromatic heterocycles. The summed E-state index contributed by atoms with van der Waals surface area (Å²) in [6.07, 6.45) is 4.12. The number of thioether (sulfide) groups is 1. The number of rotatable bonds is 3. The summed E-state index contributed by atoms with van der Waals surface area (Å²) in [6, 6.07) is 0.700. The van der Waals surface area contributed by atoms with Crippen molar-refractivity contribution in [3.05, 3.63) is 0 Å². The Bertz CT molecular complexity index is 162. The van der Waals surface area contributed by atoms with Crippen LogP contribution in [0.1, 0.15) is 19.3 Å². The van der Waals surface area contributed by atoms with Crippen LogP contribution in [0.25, 0.3) is 0 Å².